The maximum atomic E-state index is 12.2. The Hall–Kier alpha value is -1.84. The van der Waals surface area contributed by atoms with Crippen LogP contribution in [0.15, 0.2) is 24.3 Å². The van der Waals surface area contributed by atoms with E-state index in [2.05, 4.69) is 5.32 Å². The Bertz CT molecular complexity index is 510. The molecule has 1 saturated carbocycles. The average molecular weight is 274 g/mol. The number of rotatable bonds is 3. The number of hydrogen-bond acceptors (Lipinski definition) is 2. The van der Waals surface area contributed by atoms with Gasteiger partial charge in [-0.05, 0) is 57.9 Å². The van der Waals surface area contributed by atoms with Gasteiger partial charge < -0.3 is 10.2 Å². The monoisotopic (exact) mass is 274 g/mol. The average Bonchev–Trinajstić information content (AvgIpc) is 3.19. The quantitative estimate of drug-likeness (QED) is 0.920. The Labute approximate surface area is 120 Å². The number of carbonyl (C=O) groups excluding carboxylic acids is 2. The van der Waals surface area contributed by atoms with Gasteiger partial charge in [0.1, 0.15) is 0 Å². The second-order valence-electron chi connectivity index (χ2n) is 6.43. The molecule has 108 valence electrons. The predicted molar refractivity (Wildman–Crippen MR) is 78.8 cm³/mol. The van der Waals surface area contributed by atoms with Gasteiger partial charge in [0, 0.05) is 29.8 Å². The van der Waals surface area contributed by atoms with E-state index in [0.29, 0.717) is 17.2 Å². The van der Waals surface area contributed by atoms with Gasteiger partial charge in [-0.15, -0.1) is 0 Å². The highest BCUT2D eigenvalue weighted by Gasteiger charge is 2.30. The van der Waals surface area contributed by atoms with Crippen molar-refractivity contribution in [2.45, 2.75) is 45.2 Å². The van der Waals surface area contributed by atoms with Crippen LogP contribution in [-0.2, 0) is 0 Å². The van der Waals surface area contributed by atoms with Gasteiger partial charge in [-0.25, -0.2) is 0 Å². The molecule has 0 atom stereocenters. The zero-order chi connectivity index (χ0) is 14.9. The SMILES string of the molecule is CN(C(=O)c1ccc(C(=O)NC(C)(C)C)cc1)C1CC1. The van der Waals surface area contributed by atoms with Gasteiger partial charge in [0.2, 0.25) is 0 Å². The number of nitrogens with zero attached hydrogens (tertiary/aromatic N) is 1. The zero-order valence-electron chi connectivity index (χ0n) is 12.6. The molecule has 0 unspecified atom stereocenters. The first kappa shape index (κ1) is 14.6. The summed E-state index contributed by atoms with van der Waals surface area (Å²) < 4.78 is 0. The van der Waals surface area contributed by atoms with E-state index in [9.17, 15) is 9.59 Å². The van der Waals surface area contributed by atoms with Crippen LogP contribution >= 0.6 is 0 Å². The van der Waals surface area contributed by atoms with Crippen molar-refractivity contribution >= 4 is 11.8 Å². The minimum atomic E-state index is -0.266. The molecule has 1 aromatic rings. The molecule has 1 N–H and O–H groups in total. The highest BCUT2D eigenvalue weighted by molar-refractivity contribution is 5.98. The molecule has 0 aliphatic heterocycles. The van der Waals surface area contributed by atoms with Crippen LogP contribution in [0, 0.1) is 0 Å². The van der Waals surface area contributed by atoms with Crippen molar-refractivity contribution in [3.8, 4) is 0 Å². The largest absolute Gasteiger partial charge is 0.347 e. The van der Waals surface area contributed by atoms with Crippen molar-refractivity contribution in [1.82, 2.24) is 10.2 Å². The fourth-order valence-electron chi connectivity index (χ4n) is 2.01. The van der Waals surface area contributed by atoms with Crippen molar-refractivity contribution < 1.29 is 9.59 Å². The van der Waals surface area contributed by atoms with Crippen molar-refractivity contribution in [3.63, 3.8) is 0 Å². The van der Waals surface area contributed by atoms with Crippen molar-refractivity contribution in [2.75, 3.05) is 7.05 Å². The Morgan fingerprint density at radius 2 is 1.60 bits per heavy atom. The first-order chi connectivity index (χ1) is 9.28. The van der Waals surface area contributed by atoms with Crippen molar-refractivity contribution in [3.05, 3.63) is 35.4 Å². The minimum absolute atomic E-state index is 0.0234. The van der Waals surface area contributed by atoms with E-state index in [0.717, 1.165) is 12.8 Å². The molecular weight excluding hydrogens is 252 g/mol. The summed E-state index contributed by atoms with van der Waals surface area (Å²) in [6.45, 7) is 5.81. The highest BCUT2D eigenvalue weighted by atomic mass is 16.2. The number of benzene rings is 1. The second-order valence-corrected chi connectivity index (χ2v) is 6.43. The predicted octanol–water partition coefficient (Wildman–Crippen LogP) is 2.45. The van der Waals surface area contributed by atoms with Gasteiger partial charge >= 0.3 is 0 Å². The number of hydrogen-bond donors (Lipinski definition) is 1. The summed E-state index contributed by atoms with van der Waals surface area (Å²) in [6.07, 6.45) is 2.18. The Kier molecular flexibility index (Phi) is 3.84. The van der Waals surface area contributed by atoms with Gasteiger partial charge in [0.05, 0.1) is 0 Å². The van der Waals surface area contributed by atoms with E-state index in [-0.39, 0.29) is 17.4 Å². The van der Waals surface area contributed by atoms with Crippen molar-refractivity contribution in [2.24, 2.45) is 0 Å². The first-order valence-electron chi connectivity index (χ1n) is 6.98. The number of amides is 2. The van der Waals surface area contributed by atoms with Gasteiger partial charge in [-0.2, -0.15) is 0 Å². The van der Waals surface area contributed by atoms with Crippen LogP contribution in [0.1, 0.15) is 54.3 Å². The molecule has 0 spiro atoms. The van der Waals surface area contributed by atoms with Crippen LogP contribution in [0.25, 0.3) is 0 Å². The molecule has 0 aromatic heterocycles. The van der Waals surface area contributed by atoms with Crippen LogP contribution in [0.4, 0.5) is 0 Å². The lowest BCUT2D eigenvalue weighted by atomic mass is 10.1. The molecule has 4 heteroatoms. The van der Waals surface area contributed by atoms with Gasteiger partial charge in [0.25, 0.3) is 11.8 Å². The highest BCUT2D eigenvalue weighted by Crippen LogP contribution is 2.26. The van der Waals surface area contributed by atoms with E-state index in [1.807, 2.05) is 27.8 Å². The van der Waals surface area contributed by atoms with E-state index in [4.69, 9.17) is 0 Å². The maximum Gasteiger partial charge on any atom is 0.253 e. The van der Waals surface area contributed by atoms with E-state index in [1.54, 1.807) is 29.2 Å². The fraction of sp³-hybridized carbons (Fsp3) is 0.500. The summed E-state index contributed by atoms with van der Waals surface area (Å²) in [5, 5.41) is 2.90. The molecule has 2 rings (SSSR count). The summed E-state index contributed by atoms with van der Waals surface area (Å²) in [5.41, 5.74) is 0.940. The maximum absolute atomic E-state index is 12.2. The minimum Gasteiger partial charge on any atom is -0.347 e. The van der Waals surface area contributed by atoms with E-state index in [1.165, 1.54) is 0 Å². The van der Waals surface area contributed by atoms with Crippen LogP contribution in [-0.4, -0.2) is 35.3 Å². The third-order valence-corrected chi connectivity index (χ3v) is 3.30. The number of nitrogens with one attached hydrogen (secondary N) is 1. The molecule has 20 heavy (non-hydrogen) atoms. The summed E-state index contributed by atoms with van der Waals surface area (Å²) in [5.74, 6) is -0.0951. The third kappa shape index (κ3) is 3.59. The molecule has 0 saturated heterocycles. The third-order valence-electron chi connectivity index (χ3n) is 3.30. The lowest BCUT2D eigenvalue weighted by molar-refractivity contribution is 0.0784. The summed E-state index contributed by atoms with van der Waals surface area (Å²) >= 11 is 0. The van der Waals surface area contributed by atoms with Crippen LogP contribution in [0.5, 0.6) is 0 Å². The number of carbonyl (C=O) groups is 2. The van der Waals surface area contributed by atoms with Gasteiger partial charge in [-0.1, -0.05) is 0 Å². The van der Waals surface area contributed by atoms with E-state index >= 15 is 0 Å². The van der Waals surface area contributed by atoms with Crippen LogP contribution < -0.4 is 5.32 Å². The molecule has 1 fully saturated rings. The molecule has 0 heterocycles. The lowest BCUT2D eigenvalue weighted by Gasteiger charge is -2.20. The topological polar surface area (TPSA) is 49.4 Å². The molecule has 1 aliphatic carbocycles. The summed E-state index contributed by atoms with van der Waals surface area (Å²) in [6, 6.07) is 7.24. The summed E-state index contributed by atoms with van der Waals surface area (Å²) in [4.78, 5) is 25.9. The summed E-state index contributed by atoms with van der Waals surface area (Å²) in [7, 11) is 1.83. The normalized spacial score (nSPS) is 14.8. The van der Waals surface area contributed by atoms with Crippen molar-refractivity contribution in [1.29, 1.82) is 0 Å². The second kappa shape index (κ2) is 5.27. The Morgan fingerprint density at radius 3 is 2.05 bits per heavy atom. The molecule has 0 bridgehead atoms. The standard InChI is InChI=1S/C16H22N2O2/c1-16(2,3)17-14(19)11-5-7-12(8-6-11)15(20)18(4)13-9-10-13/h5-8,13H,9-10H2,1-4H3,(H,17,19). The van der Waals surface area contributed by atoms with Crippen LogP contribution in [0.2, 0.25) is 0 Å². The molecule has 0 radical (unpaired) electrons. The van der Waals surface area contributed by atoms with Gasteiger partial charge in [-0.3, -0.25) is 9.59 Å². The van der Waals surface area contributed by atoms with E-state index < -0.39 is 0 Å². The molecule has 4 nitrogen and oxygen atoms in total. The molecule has 1 aliphatic rings. The molecular formula is C16H22N2O2. The molecule has 1 aromatic carbocycles. The molecule has 2 amide bonds. The lowest BCUT2D eigenvalue weighted by Crippen LogP contribution is -2.40. The fourth-order valence-corrected chi connectivity index (χ4v) is 2.01. The first-order valence-corrected chi connectivity index (χ1v) is 6.98. The smallest absolute Gasteiger partial charge is 0.253 e. The van der Waals surface area contributed by atoms with Crippen LogP contribution in [0.3, 0.4) is 0 Å². The zero-order valence-corrected chi connectivity index (χ0v) is 12.6. The Morgan fingerprint density at radius 1 is 1.10 bits per heavy atom. The van der Waals surface area contributed by atoms with Gasteiger partial charge in [0.15, 0.2) is 0 Å². The Balaban J connectivity index is 2.06.